The van der Waals surface area contributed by atoms with Gasteiger partial charge in [-0.2, -0.15) is 0 Å². The van der Waals surface area contributed by atoms with Gasteiger partial charge in [0.2, 0.25) is 0 Å². The van der Waals surface area contributed by atoms with Crippen LogP contribution in [0.25, 0.3) is 0 Å². The molecule has 0 spiro atoms. The highest BCUT2D eigenvalue weighted by molar-refractivity contribution is 5.74. The second-order valence-electron chi connectivity index (χ2n) is 2.41. The zero-order valence-electron chi connectivity index (χ0n) is 6.91. The van der Waals surface area contributed by atoms with E-state index >= 15 is 0 Å². The largest absolute Gasteiger partial charge is 0.464 e. The lowest BCUT2D eigenvalue weighted by atomic mass is 10.1. The molecule has 0 saturated heterocycles. The van der Waals surface area contributed by atoms with Crippen LogP contribution in [-0.4, -0.2) is 30.3 Å². The SMILES string of the molecule is CCOC(=O)C(O)C(C)CN. The molecule has 2 atom stereocenters. The summed E-state index contributed by atoms with van der Waals surface area (Å²) in [4.78, 5) is 10.8. The topological polar surface area (TPSA) is 72.5 Å². The van der Waals surface area contributed by atoms with E-state index in [9.17, 15) is 4.79 Å². The highest BCUT2D eigenvalue weighted by atomic mass is 16.5. The van der Waals surface area contributed by atoms with Gasteiger partial charge in [-0.25, -0.2) is 4.79 Å². The maximum Gasteiger partial charge on any atom is 0.335 e. The van der Waals surface area contributed by atoms with Crippen molar-refractivity contribution in [2.24, 2.45) is 11.7 Å². The van der Waals surface area contributed by atoms with E-state index in [1.807, 2.05) is 0 Å². The third-order valence-electron chi connectivity index (χ3n) is 1.44. The minimum atomic E-state index is -1.08. The Hall–Kier alpha value is -0.610. The first-order valence-electron chi connectivity index (χ1n) is 3.68. The molecule has 0 fully saturated rings. The Kier molecular flexibility index (Phi) is 4.81. The van der Waals surface area contributed by atoms with Gasteiger partial charge >= 0.3 is 5.97 Å². The molecule has 0 heterocycles. The smallest absolute Gasteiger partial charge is 0.335 e. The van der Waals surface area contributed by atoms with Crippen molar-refractivity contribution in [3.05, 3.63) is 0 Å². The second-order valence-corrected chi connectivity index (χ2v) is 2.41. The Bertz CT molecular complexity index is 127. The summed E-state index contributed by atoms with van der Waals surface area (Å²) >= 11 is 0. The van der Waals surface area contributed by atoms with Crippen molar-refractivity contribution in [1.82, 2.24) is 0 Å². The van der Waals surface area contributed by atoms with Crippen LogP contribution in [0.3, 0.4) is 0 Å². The van der Waals surface area contributed by atoms with E-state index in [4.69, 9.17) is 10.8 Å². The highest BCUT2D eigenvalue weighted by Gasteiger charge is 2.21. The lowest BCUT2D eigenvalue weighted by Gasteiger charge is -2.14. The lowest BCUT2D eigenvalue weighted by Crippen LogP contribution is -2.33. The van der Waals surface area contributed by atoms with E-state index < -0.39 is 12.1 Å². The fraction of sp³-hybridized carbons (Fsp3) is 0.857. The van der Waals surface area contributed by atoms with Crippen molar-refractivity contribution in [3.8, 4) is 0 Å². The van der Waals surface area contributed by atoms with Gasteiger partial charge in [-0.05, 0) is 13.5 Å². The quantitative estimate of drug-likeness (QED) is 0.545. The predicted octanol–water partition coefficient (Wildman–Crippen LogP) is -0.495. The standard InChI is InChI=1S/C7H15NO3/c1-3-11-7(10)6(9)5(2)4-8/h5-6,9H,3-4,8H2,1-2H3. The van der Waals surface area contributed by atoms with Gasteiger partial charge in [0.25, 0.3) is 0 Å². The molecule has 0 bridgehead atoms. The number of hydrogen-bond donors (Lipinski definition) is 2. The Balaban J connectivity index is 3.80. The molecule has 11 heavy (non-hydrogen) atoms. The molecule has 0 aliphatic heterocycles. The van der Waals surface area contributed by atoms with Gasteiger partial charge < -0.3 is 15.6 Å². The van der Waals surface area contributed by atoms with Crippen LogP contribution in [0.5, 0.6) is 0 Å². The molecule has 4 nitrogen and oxygen atoms in total. The number of aliphatic hydroxyl groups is 1. The number of carbonyl (C=O) groups is 1. The molecule has 0 saturated carbocycles. The Morgan fingerprint density at radius 3 is 2.64 bits per heavy atom. The van der Waals surface area contributed by atoms with Crippen LogP contribution in [0.1, 0.15) is 13.8 Å². The van der Waals surface area contributed by atoms with Gasteiger partial charge in [0.05, 0.1) is 6.61 Å². The normalized spacial score (nSPS) is 15.6. The van der Waals surface area contributed by atoms with Crippen LogP contribution in [-0.2, 0) is 9.53 Å². The van der Waals surface area contributed by atoms with Crippen LogP contribution in [0.15, 0.2) is 0 Å². The van der Waals surface area contributed by atoms with Gasteiger partial charge in [0.15, 0.2) is 6.10 Å². The number of hydrogen-bond acceptors (Lipinski definition) is 4. The summed E-state index contributed by atoms with van der Waals surface area (Å²) in [6.45, 7) is 3.95. The molecule has 2 unspecified atom stereocenters. The monoisotopic (exact) mass is 161 g/mol. The first-order valence-corrected chi connectivity index (χ1v) is 3.68. The van der Waals surface area contributed by atoms with Gasteiger partial charge in [-0.15, -0.1) is 0 Å². The van der Waals surface area contributed by atoms with Crippen molar-refractivity contribution in [2.45, 2.75) is 20.0 Å². The van der Waals surface area contributed by atoms with Gasteiger partial charge in [-0.3, -0.25) is 0 Å². The molecular formula is C7H15NO3. The molecule has 0 amide bonds. The van der Waals surface area contributed by atoms with Crippen molar-refractivity contribution in [1.29, 1.82) is 0 Å². The van der Waals surface area contributed by atoms with Crippen LogP contribution < -0.4 is 5.73 Å². The molecule has 0 aromatic carbocycles. The molecule has 0 aromatic heterocycles. The Morgan fingerprint density at radius 2 is 2.27 bits per heavy atom. The van der Waals surface area contributed by atoms with Crippen molar-refractivity contribution in [2.75, 3.05) is 13.2 Å². The third kappa shape index (κ3) is 3.34. The van der Waals surface area contributed by atoms with E-state index in [1.165, 1.54) is 0 Å². The van der Waals surface area contributed by atoms with Gasteiger partial charge in [-0.1, -0.05) is 6.92 Å². The first kappa shape index (κ1) is 10.4. The molecule has 0 aliphatic carbocycles. The average molecular weight is 161 g/mol. The van der Waals surface area contributed by atoms with Crippen LogP contribution >= 0.6 is 0 Å². The van der Waals surface area contributed by atoms with Crippen LogP contribution in [0, 0.1) is 5.92 Å². The summed E-state index contributed by atoms with van der Waals surface area (Å²) < 4.78 is 4.58. The number of carbonyl (C=O) groups excluding carboxylic acids is 1. The third-order valence-corrected chi connectivity index (χ3v) is 1.44. The number of esters is 1. The van der Waals surface area contributed by atoms with Crippen molar-refractivity contribution in [3.63, 3.8) is 0 Å². The zero-order valence-corrected chi connectivity index (χ0v) is 6.91. The summed E-state index contributed by atoms with van der Waals surface area (Å²) in [5.41, 5.74) is 5.24. The summed E-state index contributed by atoms with van der Waals surface area (Å²) in [6.07, 6.45) is -1.08. The van der Waals surface area contributed by atoms with E-state index in [0.29, 0.717) is 0 Å². The van der Waals surface area contributed by atoms with E-state index in [1.54, 1.807) is 13.8 Å². The molecule has 0 aromatic rings. The molecular weight excluding hydrogens is 146 g/mol. The molecule has 3 N–H and O–H groups in total. The number of nitrogens with two attached hydrogens (primary N) is 1. The highest BCUT2D eigenvalue weighted by Crippen LogP contribution is 2.02. The Labute approximate surface area is 66.3 Å². The van der Waals surface area contributed by atoms with Gasteiger partial charge in [0, 0.05) is 5.92 Å². The Morgan fingerprint density at radius 1 is 1.73 bits per heavy atom. The van der Waals surface area contributed by atoms with Crippen molar-refractivity contribution >= 4 is 5.97 Å². The minimum Gasteiger partial charge on any atom is -0.464 e. The summed E-state index contributed by atoms with van der Waals surface area (Å²) in [5.74, 6) is -0.834. The summed E-state index contributed by atoms with van der Waals surface area (Å²) in [7, 11) is 0. The molecule has 0 radical (unpaired) electrons. The van der Waals surface area contributed by atoms with E-state index in [2.05, 4.69) is 4.74 Å². The second kappa shape index (κ2) is 5.09. The predicted molar refractivity (Wildman–Crippen MR) is 40.9 cm³/mol. The number of ether oxygens (including phenoxy) is 1. The van der Waals surface area contributed by atoms with Crippen LogP contribution in [0.4, 0.5) is 0 Å². The summed E-state index contributed by atoms with van der Waals surface area (Å²) in [5, 5.41) is 9.16. The molecule has 4 heteroatoms. The van der Waals surface area contributed by atoms with Gasteiger partial charge in [0.1, 0.15) is 0 Å². The minimum absolute atomic E-state index is 0.242. The molecule has 0 rings (SSSR count). The van der Waals surface area contributed by atoms with E-state index in [-0.39, 0.29) is 19.1 Å². The zero-order chi connectivity index (χ0) is 8.85. The van der Waals surface area contributed by atoms with E-state index in [0.717, 1.165) is 0 Å². The number of rotatable bonds is 4. The maximum absolute atomic E-state index is 10.8. The number of aliphatic hydroxyl groups excluding tert-OH is 1. The molecule has 66 valence electrons. The first-order chi connectivity index (χ1) is 5.13. The molecule has 0 aliphatic rings. The summed E-state index contributed by atoms with van der Waals surface area (Å²) in [6, 6.07) is 0. The fourth-order valence-electron chi connectivity index (χ4n) is 0.589. The maximum atomic E-state index is 10.8. The van der Waals surface area contributed by atoms with Crippen molar-refractivity contribution < 1.29 is 14.6 Å². The van der Waals surface area contributed by atoms with Crippen LogP contribution in [0.2, 0.25) is 0 Å². The average Bonchev–Trinajstić information content (AvgIpc) is 2.02. The lowest BCUT2D eigenvalue weighted by molar-refractivity contribution is -0.155. The fourth-order valence-corrected chi connectivity index (χ4v) is 0.589.